The minimum Gasteiger partial charge on any atom is -0.481 e. The van der Waals surface area contributed by atoms with Gasteiger partial charge in [0.2, 0.25) is 0 Å². The highest BCUT2D eigenvalue weighted by Crippen LogP contribution is 2.10. The highest BCUT2D eigenvalue weighted by molar-refractivity contribution is 7.09. The molecule has 0 aliphatic rings. The summed E-state index contributed by atoms with van der Waals surface area (Å²) in [6.45, 7) is 2.62. The minimum atomic E-state index is -0.743. The van der Waals surface area contributed by atoms with Crippen LogP contribution in [-0.2, 0) is 11.2 Å². The van der Waals surface area contributed by atoms with Crippen LogP contribution < -0.4 is 10.6 Å². The third kappa shape index (κ3) is 9.07. The van der Waals surface area contributed by atoms with E-state index in [-0.39, 0.29) is 18.5 Å². The highest BCUT2D eigenvalue weighted by Gasteiger charge is 2.07. The van der Waals surface area contributed by atoms with Crippen molar-refractivity contribution in [3.63, 3.8) is 0 Å². The van der Waals surface area contributed by atoms with Crippen molar-refractivity contribution in [3.8, 4) is 0 Å². The molecule has 0 aliphatic heterocycles. The third-order valence-corrected chi connectivity index (χ3v) is 3.97. The quantitative estimate of drug-likeness (QED) is 0.581. The average molecular weight is 312 g/mol. The lowest BCUT2D eigenvalue weighted by Gasteiger charge is -2.13. The van der Waals surface area contributed by atoms with Gasteiger partial charge in [0.15, 0.2) is 0 Å². The summed E-state index contributed by atoms with van der Waals surface area (Å²) < 4.78 is 0. The van der Waals surface area contributed by atoms with E-state index in [0.717, 1.165) is 25.7 Å². The first-order valence-corrected chi connectivity index (χ1v) is 8.24. The number of carbonyl (C=O) groups is 2. The van der Waals surface area contributed by atoms with E-state index in [1.54, 1.807) is 11.3 Å². The van der Waals surface area contributed by atoms with Crippen LogP contribution in [0.15, 0.2) is 17.5 Å². The van der Waals surface area contributed by atoms with Crippen LogP contribution in [0.1, 0.15) is 43.9 Å². The maximum absolute atomic E-state index is 11.7. The number of rotatable bonds is 10. The van der Waals surface area contributed by atoms with Crippen molar-refractivity contribution >= 4 is 23.3 Å². The summed E-state index contributed by atoms with van der Waals surface area (Å²) in [7, 11) is 0. The molecule has 0 saturated carbocycles. The zero-order chi connectivity index (χ0) is 15.5. The molecule has 0 bridgehead atoms. The summed E-state index contributed by atoms with van der Waals surface area (Å²) in [5.41, 5.74) is 0. The molecule has 1 aromatic rings. The number of hydrogen-bond acceptors (Lipinski definition) is 3. The van der Waals surface area contributed by atoms with Gasteiger partial charge in [0.05, 0.1) is 0 Å². The smallest absolute Gasteiger partial charge is 0.315 e. The average Bonchev–Trinajstić information content (AvgIpc) is 2.89. The standard InChI is InChI=1S/C15H24N2O3S/c1-12(11-13-7-6-10-21-13)17-15(20)16-9-5-3-2-4-8-14(18)19/h6-7,10,12H,2-5,8-9,11H2,1H3,(H,18,19)(H2,16,17,20). The molecule has 0 aromatic carbocycles. The first kappa shape index (κ1) is 17.5. The predicted octanol–water partition coefficient (Wildman–Crippen LogP) is 3.01. The summed E-state index contributed by atoms with van der Waals surface area (Å²) in [5, 5.41) is 16.3. The van der Waals surface area contributed by atoms with E-state index >= 15 is 0 Å². The second-order valence-electron chi connectivity index (χ2n) is 5.14. The lowest BCUT2D eigenvalue weighted by Crippen LogP contribution is -2.41. The number of carboxylic acid groups (broad SMARTS) is 1. The minimum absolute atomic E-state index is 0.110. The van der Waals surface area contributed by atoms with E-state index in [0.29, 0.717) is 13.0 Å². The molecule has 1 atom stereocenters. The molecule has 2 amide bonds. The number of amides is 2. The molecule has 21 heavy (non-hydrogen) atoms. The van der Waals surface area contributed by atoms with Crippen molar-refractivity contribution in [1.29, 1.82) is 0 Å². The van der Waals surface area contributed by atoms with Crippen LogP contribution in [-0.4, -0.2) is 29.7 Å². The Labute approximate surface area is 129 Å². The first-order chi connectivity index (χ1) is 10.1. The summed E-state index contributed by atoms with van der Waals surface area (Å²) in [6.07, 6.45) is 4.50. The molecular weight excluding hydrogens is 288 g/mol. The van der Waals surface area contributed by atoms with Gasteiger partial charge in [0, 0.05) is 30.3 Å². The fraction of sp³-hybridized carbons (Fsp3) is 0.600. The van der Waals surface area contributed by atoms with E-state index < -0.39 is 5.97 Å². The van der Waals surface area contributed by atoms with Crippen molar-refractivity contribution in [3.05, 3.63) is 22.4 Å². The van der Waals surface area contributed by atoms with Gasteiger partial charge in [-0.3, -0.25) is 4.79 Å². The van der Waals surface area contributed by atoms with E-state index in [4.69, 9.17) is 5.11 Å². The molecule has 5 nitrogen and oxygen atoms in total. The number of hydrogen-bond donors (Lipinski definition) is 3. The molecule has 0 spiro atoms. The SMILES string of the molecule is CC(Cc1cccs1)NC(=O)NCCCCCCC(=O)O. The maximum Gasteiger partial charge on any atom is 0.315 e. The molecule has 0 fully saturated rings. The monoisotopic (exact) mass is 312 g/mol. The second-order valence-corrected chi connectivity index (χ2v) is 6.17. The fourth-order valence-corrected chi connectivity index (χ4v) is 2.85. The Hall–Kier alpha value is -1.56. The normalized spacial score (nSPS) is 11.9. The van der Waals surface area contributed by atoms with Crippen LogP contribution >= 0.6 is 11.3 Å². The fourth-order valence-electron chi connectivity index (χ4n) is 2.01. The van der Waals surface area contributed by atoms with Crippen molar-refractivity contribution in [2.75, 3.05) is 6.54 Å². The Bertz CT molecular complexity index is 421. The molecule has 3 N–H and O–H groups in total. The topological polar surface area (TPSA) is 78.4 Å². The Morgan fingerprint density at radius 2 is 2.05 bits per heavy atom. The van der Waals surface area contributed by atoms with Crippen LogP contribution in [0.25, 0.3) is 0 Å². The summed E-state index contributed by atoms with van der Waals surface area (Å²) in [6, 6.07) is 4.05. The Kier molecular flexibility index (Phi) is 8.50. The van der Waals surface area contributed by atoms with E-state index in [2.05, 4.69) is 16.7 Å². The van der Waals surface area contributed by atoms with Crippen molar-refractivity contribution in [2.24, 2.45) is 0 Å². The molecule has 0 aliphatic carbocycles. The number of urea groups is 1. The molecule has 1 aromatic heterocycles. The second kappa shape index (κ2) is 10.2. The highest BCUT2D eigenvalue weighted by atomic mass is 32.1. The summed E-state index contributed by atoms with van der Waals surface area (Å²) in [5.74, 6) is -0.743. The van der Waals surface area contributed by atoms with Gasteiger partial charge in [0.1, 0.15) is 0 Å². The number of carbonyl (C=O) groups excluding carboxylic acids is 1. The van der Waals surface area contributed by atoms with Gasteiger partial charge in [-0.2, -0.15) is 0 Å². The predicted molar refractivity (Wildman–Crippen MR) is 84.7 cm³/mol. The van der Waals surface area contributed by atoms with E-state index in [9.17, 15) is 9.59 Å². The van der Waals surface area contributed by atoms with Crippen LogP contribution in [0.3, 0.4) is 0 Å². The Morgan fingerprint density at radius 1 is 1.29 bits per heavy atom. The number of nitrogens with one attached hydrogen (secondary N) is 2. The molecule has 0 saturated heterocycles. The lowest BCUT2D eigenvalue weighted by molar-refractivity contribution is -0.137. The number of thiophene rings is 1. The van der Waals surface area contributed by atoms with Gasteiger partial charge < -0.3 is 15.7 Å². The molecule has 1 heterocycles. The first-order valence-electron chi connectivity index (χ1n) is 7.36. The molecule has 1 rings (SSSR count). The van der Waals surface area contributed by atoms with Crippen molar-refractivity contribution in [2.45, 2.75) is 51.5 Å². The Balaban J connectivity index is 1.99. The maximum atomic E-state index is 11.7. The lowest BCUT2D eigenvalue weighted by atomic mass is 10.1. The van der Waals surface area contributed by atoms with E-state index in [1.165, 1.54) is 4.88 Å². The van der Waals surface area contributed by atoms with Gasteiger partial charge in [-0.15, -0.1) is 11.3 Å². The number of aliphatic carboxylic acids is 1. The van der Waals surface area contributed by atoms with Gasteiger partial charge in [-0.05, 0) is 31.2 Å². The molecule has 1 unspecified atom stereocenters. The molecule has 118 valence electrons. The van der Waals surface area contributed by atoms with Crippen molar-refractivity contribution < 1.29 is 14.7 Å². The largest absolute Gasteiger partial charge is 0.481 e. The van der Waals surface area contributed by atoms with Gasteiger partial charge in [0.25, 0.3) is 0 Å². The van der Waals surface area contributed by atoms with Gasteiger partial charge in [-0.25, -0.2) is 4.79 Å². The summed E-state index contributed by atoms with van der Waals surface area (Å²) >= 11 is 1.70. The van der Waals surface area contributed by atoms with Gasteiger partial charge in [-0.1, -0.05) is 18.9 Å². The molecular formula is C15H24N2O3S. The zero-order valence-corrected chi connectivity index (χ0v) is 13.2. The number of carboxylic acids is 1. The zero-order valence-electron chi connectivity index (χ0n) is 12.4. The van der Waals surface area contributed by atoms with Crippen LogP contribution in [0.4, 0.5) is 4.79 Å². The van der Waals surface area contributed by atoms with Gasteiger partial charge >= 0.3 is 12.0 Å². The summed E-state index contributed by atoms with van der Waals surface area (Å²) in [4.78, 5) is 23.3. The van der Waals surface area contributed by atoms with Crippen LogP contribution in [0.5, 0.6) is 0 Å². The third-order valence-electron chi connectivity index (χ3n) is 3.07. The van der Waals surface area contributed by atoms with Crippen molar-refractivity contribution in [1.82, 2.24) is 10.6 Å². The van der Waals surface area contributed by atoms with Crippen LogP contribution in [0.2, 0.25) is 0 Å². The molecule has 0 radical (unpaired) electrons. The number of unbranched alkanes of at least 4 members (excludes halogenated alkanes) is 3. The molecule has 6 heteroatoms. The Morgan fingerprint density at radius 3 is 2.71 bits per heavy atom. The van der Waals surface area contributed by atoms with E-state index in [1.807, 2.05) is 18.4 Å². The van der Waals surface area contributed by atoms with Crippen LogP contribution in [0, 0.1) is 0 Å².